The van der Waals surface area contributed by atoms with Crippen LogP contribution in [0, 0.1) is 11.8 Å². The zero-order valence-electron chi connectivity index (χ0n) is 17.1. The zero-order valence-corrected chi connectivity index (χ0v) is 19.4. The Morgan fingerprint density at radius 3 is 2.63 bits per heavy atom. The fourth-order valence-electron chi connectivity index (χ4n) is 3.85. The number of likely N-dealkylation sites (tertiary alicyclic amines) is 1. The second kappa shape index (κ2) is 10.1. The van der Waals surface area contributed by atoms with Gasteiger partial charge in [-0.2, -0.15) is 0 Å². The van der Waals surface area contributed by atoms with E-state index in [4.69, 9.17) is 4.74 Å². The maximum atomic E-state index is 12.7. The van der Waals surface area contributed by atoms with Crippen LogP contribution in [-0.4, -0.2) is 56.0 Å². The van der Waals surface area contributed by atoms with Crippen molar-refractivity contribution in [3.8, 4) is 5.75 Å². The van der Waals surface area contributed by atoms with Crippen LogP contribution >= 0.6 is 24.0 Å². The van der Waals surface area contributed by atoms with Crippen molar-refractivity contribution >= 4 is 35.9 Å². The molecule has 0 amide bonds. The Morgan fingerprint density at radius 2 is 2.00 bits per heavy atom. The molecular formula is C20H27F3IN3O3. The molecule has 0 spiro atoms. The number of esters is 1. The topological polar surface area (TPSA) is 63.2 Å². The van der Waals surface area contributed by atoms with Crippen molar-refractivity contribution in [1.29, 1.82) is 0 Å². The third-order valence-electron chi connectivity index (χ3n) is 5.37. The van der Waals surface area contributed by atoms with E-state index >= 15 is 0 Å². The molecule has 1 saturated carbocycles. The van der Waals surface area contributed by atoms with Crippen LogP contribution in [0.1, 0.15) is 31.7 Å². The summed E-state index contributed by atoms with van der Waals surface area (Å²) in [5, 5.41) is 3.36. The van der Waals surface area contributed by atoms with Gasteiger partial charge in [-0.3, -0.25) is 9.79 Å². The van der Waals surface area contributed by atoms with Crippen LogP contribution in [-0.2, 0) is 9.53 Å². The van der Waals surface area contributed by atoms with Gasteiger partial charge in [0.05, 0.1) is 13.0 Å². The van der Waals surface area contributed by atoms with Crippen molar-refractivity contribution in [2.75, 3.05) is 26.7 Å². The predicted octanol–water partition coefficient (Wildman–Crippen LogP) is 3.77. The largest absolute Gasteiger partial charge is 0.573 e. The fraction of sp³-hybridized carbons (Fsp3) is 0.600. The van der Waals surface area contributed by atoms with Crippen LogP contribution in [0.5, 0.6) is 5.75 Å². The lowest BCUT2D eigenvalue weighted by Gasteiger charge is -2.22. The van der Waals surface area contributed by atoms with Gasteiger partial charge in [-0.25, -0.2) is 0 Å². The number of guanidine groups is 1. The standard InChI is InChI=1S/C20H26F3N3O3.HI/c1-4-24-19(26-10-12(2)15(11-26)18(27)28-3)25-16-9-14(16)13-7-5-6-8-17(13)29-20(21,22)23;/h5-8,12,14-16H,4,9-11H2,1-3H3,(H,24,25);1H. The normalized spacial score (nSPS) is 26.1. The number of alkyl halides is 3. The van der Waals surface area contributed by atoms with Crippen LogP contribution in [0.2, 0.25) is 0 Å². The van der Waals surface area contributed by atoms with E-state index in [1.165, 1.54) is 19.2 Å². The Bertz CT molecular complexity index is 775. The van der Waals surface area contributed by atoms with Gasteiger partial charge in [-0.15, -0.1) is 37.1 Å². The molecule has 10 heteroatoms. The monoisotopic (exact) mass is 541 g/mol. The predicted molar refractivity (Wildman–Crippen MR) is 117 cm³/mol. The number of para-hydroxylation sites is 1. The summed E-state index contributed by atoms with van der Waals surface area (Å²) in [6.07, 6.45) is -4.04. The SMILES string of the molecule is CCN=C(NC1CC1c1ccccc1OC(F)(F)F)N1CC(C)C(C(=O)OC)C1.I. The van der Waals surface area contributed by atoms with Gasteiger partial charge in [0.15, 0.2) is 5.96 Å². The average molecular weight is 541 g/mol. The molecule has 4 atom stereocenters. The Balaban J connectivity index is 0.00000320. The third-order valence-corrected chi connectivity index (χ3v) is 5.37. The van der Waals surface area contributed by atoms with Crippen molar-refractivity contribution in [1.82, 2.24) is 10.2 Å². The zero-order chi connectivity index (χ0) is 21.2. The summed E-state index contributed by atoms with van der Waals surface area (Å²) in [4.78, 5) is 18.5. The first-order valence-corrected chi connectivity index (χ1v) is 9.72. The van der Waals surface area contributed by atoms with E-state index in [1.54, 1.807) is 12.1 Å². The first-order valence-electron chi connectivity index (χ1n) is 9.72. The van der Waals surface area contributed by atoms with Crippen LogP contribution in [0.3, 0.4) is 0 Å². The molecule has 4 unspecified atom stereocenters. The molecule has 1 N–H and O–H groups in total. The fourth-order valence-corrected chi connectivity index (χ4v) is 3.85. The highest BCUT2D eigenvalue weighted by atomic mass is 127. The molecule has 0 radical (unpaired) electrons. The minimum atomic E-state index is -4.72. The molecule has 1 saturated heterocycles. The highest BCUT2D eigenvalue weighted by Gasteiger charge is 2.44. The smallest absolute Gasteiger partial charge is 0.469 e. The Morgan fingerprint density at radius 1 is 1.30 bits per heavy atom. The molecule has 1 aliphatic heterocycles. The summed E-state index contributed by atoms with van der Waals surface area (Å²) in [6, 6.07) is 6.19. The van der Waals surface area contributed by atoms with E-state index in [1.807, 2.05) is 18.7 Å². The lowest BCUT2D eigenvalue weighted by molar-refractivity contribution is -0.274. The van der Waals surface area contributed by atoms with Gasteiger partial charge >= 0.3 is 12.3 Å². The minimum Gasteiger partial charge on any atom is -0.469 e. The molecule has 2 aliphatic rings. The molecule has 1 heterocycles. The molecule has 2 fully saturated rings. The summed E-state index contributed by atoms with van der Waals surface area (Å²) < 4.78 is 47.1. The lowest BCUT2D eigenvalue weighted by Crippen LogP contribution is -2.42. The van der Waals surface area contributed by atoms with Gasteiger partial charge in [-0.05, 0) is 30.9 Å². The number of rotatable bonds is 5. The molecule has 168 valence electrons. The maximum Gasteiger partial charge on any atom is 0.573 e. The molecule has 0 bridgehead atoms. The van der Waals surface area contributed by atoms with E-state index in [2.05, 4.69) is 15.0 Å². The molecular weight excluding hydrogens is 514 g/mol. The molecule has 3 rings (SSSR count). The van der Waals surface area contributed by atoms with Gasteiger partial charge in [-0.1, -0.05) is 25.1 Å². The number of halogens is 4. The number of nitrogens with zero attached hydrogens (tertiary/aromatic N) is 2. The molecule has 1 aliphatic carbocycles. The van der Waals surface area contributed by atoms with Gasteiger partial charge < -0.3 is 19.7 Å². The number of aliphatic imine (C=N–C) groups is 1. The van der Waals surface area contributed by atoms with Crippen LogP contribution in [0.4, 0.5) is 13.2 Å². The van der Waals surface area contributed by atoms with Gasteiger partial charge in [0, 0.05) is 31.6 Å². The van der Waals surface area contributed by atoms with E-state index in [-0.39, 0.29) is 59.5 Å². The average Bonchev–Trinajstić information content (AvgIpc) is 3.31. The Labute approximate surface area is 191 Å². The number of nitrogens with one attached hydrogen (secondary N) is 1. The number of hydrogen-bond donors (Lipinski definition) is 1. The van der Waals surface area contributed by atoms with Crippen LogP contribution in [0.25, 0.3) is 0 Å². The van der Waals surface area contributed by atoms with Crippen LogP contribution < -0.4 is 10.1 Å². The van der Waals surface area contributed by atoms with Crippen molar-refractivity contribution in [3.63, 3.8) is 0 Å². The molecule has 30 heavy (non-hydrogen) atoms. The summed E-state index contributed by atoms with van der Waals surface area (Å²) >= 11 is 0. The summed E-state index contributed by atoms with van der Waals surface area (Å²) in [6.45, 7) is 5.63. The number of ether oxygens (including phenoxy) is 2. The summed E-state index contributed by atoms with van der Waals surface area (Å²) in [5.74, 6) is 0.0868. The molecule has 1 aromatic rings. The lowest BCUT2D eigenvalue weighted by atomic mass is 9.99. The number of methoxy groups -OCH3 is 1. The highest BCUT2D eigenvalue weighted by molar-refractivity contribution is 14.0. The van der Waals surface area contributed by atoms with Crippen molar-refractivity contribution in [2.45, 2.75) is 38.6 Å². The van der Waals surface area contributed by atoms with Crippen molar-refractivity contribution in [3.05, 3.63) is 29.8 Å². The first kappa shape index (κ1) is 24.5. The second-order valence-electron chi connectivity index (χ2n) is 7.49. The van der Waals surface area contributed by atoms with Crippen molar-refractivity contribution < 1.29 is 27.4 Å². The number of carbonyl (C=O) groups is 1. The summed E-state index contributed by atoms with van der Waals surface area (Å²) in [5.41, 5.74) is 0.528. The van der Waals surface area contributed by atoms with Gasteiger partial charge in [0.1, 0.15) is 5.75 Å². The maximum absolute atomic E-state index is 12.7. The Kier molecular flexibility index (Phi) is 8.23. The first-order chi connectivity index (χ1) is 13.7. The van der Waals surface area contributed by atoms with Gasteiger partial charge in [0.25, 0.3) is 0 Å². The van der Waals surface area contributed by atoms with Crippen molar-refractivity contribution in [2.24, 2.45) is 16.8 Å². The molecule has 0 aromatic heterocycles. The number of carbonyl (C=O) groups excluding carboxylic acids is 1. The van der Waals surface area contributed by atoms with E-state index < -0.39 is 6.36 Å². The van der Waals surface area contributed by atoms with E-state index in [0.29, 0.717) is 37.6 Å². The quantitative estimate of drug-likeness (QED) is 0.266. The van der Waals surface area contributed by atoms with Crippen LogP contribution in [0.15, 0.2) is 29.3 Å². The van der Waals surface area contributed by atoms with E-state index in [0.717, 1.165) is 0 Å². The number of hydrogen-bond acceptors (Lipinski definition) is 4. The highest BCUT2D eigenvalue weighted by Crippen LogP contribution is 2.45. The molecule has 6 nitrogen and oxygen atoms in total. The third kappa shape index (κ3) is 5.92. The van der Waals surface area contributed by atoms with Gasteiger partial charge in [0.2, 0.25) is 0 Å². The Hall–Kier alpha value is -1.72. The second-order valence-corrected chi connectivity index (χ2v) is 7.49. The number of benzene rings is 1. The molecule has 1 aromatic carbocycles. The minimum absolute atomic E-state index is 0. The summed E-state index contributed by atoms with van der Waals surface area (Å²) in [7, 11) is 1.38. The van der Waals surface area contributed by atoms with E-state index in [9.17, 15) is 18.0 Å².